The summed E-state index contributed by atoms with van der Waals surface area (Å²) in [4.78, 5) is 22.9. The molecule has 0 saturated heterocycles. The number of carboxylic acid groups (broad SMARTS) is 1. The van der Waals surface area contributed by atoms with Crippen LogP contribution in [0, 0.1) is 0 Å². The summed E-state index contributed by atoms with van der Waals surface area (Å²) in [6, 6.07) is -0.738. The molecule has 0 aromatic rings. The zero-order valence-electron chi connectivity index (χ0n) is 15.6. The molecular weight excluding hydrogens is 322 g/mol. The van der Waals surface area contributed by atoms with Crippen molar-refractivity contribution in [1.82, 2.24) is 5.32 Å². The van der Waals surface area contributed by atoms with E-state index in [4.69, 9.17) is 5.11 Å². The first-order valence-corrected chi connectivity index (χ1v) is 11.0. The highest BCUT2D eigenvalue weighted by Gasteiger charge is 2.18. The smallest absolute Gasteiger partial charge is 0.326 e. The Hall–Kier alpha value is -0.710. The van der Waals surface area contributed by atoms with Gasteiger partial charge in [0, 0.05) is 6.42 Å². The van der Waals surface area contributed by atoms with Gasteiger partial charge in [0.1, 0.15) is 6.04 Å². The quantitative estimate of drug-likeness (QED) is 0.358. The van der Waals surface area contributed by atoms with Crippen molar-refractivity contribution >= 4 is 23.6 Å². The van der Waals surface area contributed by atoms with Crippen LogP contribution in [0.25, 0.3) is 0 Å². The van der Waals surface area contributed by atoms with Crippen molar-refractivity contribution in [2.24, 2.45) is 0 Å². The first-order chi connectivity index (χ1) is 11.6. The highest BCUT2D eigenvalue weighted by molar-refractivity contribution is 7.98. The summed E-state index contributed by atoms with van der Waals surface area (Å²) in [6.07, 6.45) is 16.6. The fourth-order valence-electron chi connectivity index (χ4n) is 2.71. The number of aliphatic carboxylic acids is 1. The Labute approximate surface area is 152 Å². The summed E-state index contributed by atoms with van der Waals surface area (Å²) in [7, 11) is 0. The summed E-state index contributed by atoms with van der Waals surface area (Å²) >= 11 is 1.60. The number of carboxylic acids is 1. The Morgan fingerprint density at radius 1 is 0.917 bits per heavy atom. The van der Waals surface area contributed by atoms with Crippen LogP contribution >= 0.6 is 11.8 Å². The van der Waals surface area contributed by atoms with Gasteiger partial charge in [0.05, 0.1) is 0 Å². The van der Waals surface area contributed by atoms with E-state index in [1.165, 1.54) is 57.8 Å². The summed E-state index contributed by atoms with van der Waals surface area (Å²) in [6.45, 7) is 2.24. The van der Waals surface area contributed by atoms with Gasteiger partial charge in [-0.25, -0.2) is 4.79 Å². The second-order valence-electron chi connectivity index (χ2n) is 6.53. The molecule has 0 heterocycles. The minimum Gasteiger partial charge on any atom is -0.480 e. The monoisotopic (exact) mass is 359 g/mol. The van der Waals surface area contributed by atoms with Crippen LogP contribution in [0.5, 0.6) is 0 Å². The molecule has 24 heavy (non-hydrogen) atoms. The van der Waals surface area contributed by atoms with Crippen LogP contribution in [0.4, 0.5) is 0 Å². The lowest BCUT2D eigenvalue weighted by molar-refractivity contribution is -0.141. The third kappa shape index (κ3) is 14.9. The maximum absolute atomic E-state index is 11.8. The molecule has 0 aliphatic heterocycles. The molecule has 0 spiro atoms. The lowest BCUT2D eigenvalue weighted by atomic mass is 10.1. The fraction of sp³-hybridized carbons (Fsp3) is 0.895. The number of hydrogen-bond acceptors (Lipinski definition) is 3. The van der Waals surface area contributed by atoms with Gasteiger partial charge in [-0.3, -0.25) is 4.79 Å². The average Bonchev–Trinajstić information content (AvgIpc) is 2.56. The second kappa shape index (κ2) is 17.1. The number of amides is 1. The van der Waals surface area contributed by atoms with Gasteiger partial charge >= 0.3 is 5.97 Å². The van der Waals surface area contributed by atoms with Crippen LogP contribution in [-0.2, 0) is 9.59 Å². The maximum Gasteiger partial charge on any atom is 0.326 e. The van der Waals surface area contributed by atoms with Crippen LogP contribution in [-0.4, -0.2) is 35.0 Å². The van der Waals surface area contributed by atoms with Gasteiger partial charge in [0.15, 0.2) is 0 Å². The zero-order chi connectivity index (χ0) is 18.0. The summed E-state index contributed by atoms with van der Waals surface area (Å²) in [5, 5.41) is 11.7. The van der Waals surface area contributed by atoms with Gasteiger partial charge in [0.25, 0.3) is 0 Å². The molecule has 0 fully saturated rings. The molecule has 5 heteroatoms. The van der Waals surface area contributed by atoms with Crippen LogP contribution in [0.1, 0.15) is 90.4 Å². The lowest BCUT2D eigenvalue weighted by Crippen LogP contribution is -2.41. The third-order valence-corrected chi connectivity index (χ3v) is 4.90. The summed E-state index contributed by atoms with van der Waals surface area (Å²) in [5.74, 6) is -0.314. The van der Waals surface area contributed by atoms with E-state index in [9.17, 15) is 9.59 Å². The van der Waals surface area contributed by atoms with Gasteiger partial charge in [0.2, 0.25) is 5.91 Å². The van der Waals surface area contributed by atoms with Crippen molar-refractivity contribution in [2.45, 2.75) is 96.4 Å². The van der Waals surface area contributed by atoms with Crippen molar-refractivity contribution in [1.29, 1.82) is 0 Å². The number of carbonyl (C=O) groups excluding carboxylic acids is 1. The molecule has 2 N–H and O–H groups in total. The number of carbonyl (C=O) groups is 2. The molecule has 0 aromatic carbocycles. The highest BCUT2D eigenvalue weighted by Crippen LogP contribution is 2.12. The molecule has 0 aromatic heterocycles. The molecule has 4 nitrogen and oxygen atoms in total. The van der Waals surface area contributed by atoms with E-state index in [1.54, 1.807) is 11.8 Å². The topological polar surface area (TPSA) is 66.4 Å². The van der Waals surface area contributed by atoms with E-state index in [0.29, 0.717) is 12.8 Å². The molecule has 0 radical (unpaired) electrons. The predicted octanol–water partition coefficient (Wildman–Crippen LogP) is 5.01. The third-order valence-electron chi connectivity index (χ3n) is 4.25. The fourth-order valence-corrected chi connectivity index (χ4v) is 3.18. The number of rotatable bonds is 17. The molecule has 0 aliphatic carbocycles. The first kappa shape index (κ1) is 23.3. The maximum atomic E-state index is 11.8. The Bertz CT molecular complexity index is 324. The number of hydrogen-bond donors (Lipinski definition) is 2. The van der Waals surface area contributed by atoms with Crippen molar-refractivity contribution < 1.29 is 14.7 Å². The van der Waals surface area contributed by atoms with Gasteiger partial charge < -0.3 is 10.4 Å². The van der Waals surface area contributed by atoms with E-state index >= 15 is 0 Å². The number of thioether (sulfide) groups is 1. The van der Waals surface area contributed by atoms with Gasteiger partial charge in [-0.05, 0) is 24.9 Å². The molecule has 0 unspecified atom stereocenters. The minimum atomic E-state index is -0.934. The lowest BCUT2D eigenvalue weighted by Gasteiger charge is -2.13. The minimum absolute atomic E-state index is 0.126. The molecule has 0 saturated carbocycles. The van der Waals surface area contributed by atoms with Crippen LogP contribution in [0.3, 0.4) is 0 Å². The van der Waals surface area contributed by atoms with Gasteiger partial charge in [-0.15, -0.1) is 0 Å². The zero-order valence-corrected chi connectivity index (χ0v) is 16.5. The van der Waals surface area contributed by atoms with E-state index in [1.807, 2.05) is 6.26 Å². The summed E-state index contributed by atoms with van der Waals surface area (Å²) in [5.41, 5.74) is 0. The summed E-state index contributed by atoms with van der Waals surface area (Å²) < 4.78 is 0. The SMILES string of the molecule is CCCCCCCCCCCCCC(=O)N[C@H](CCSC)C(=O)O. The van der Waals surface area contributed by atoms with E-state index in [-0.39, 0.29) is 5.91 Å². The van der Waals surface area contributed by atoms with Crippen molar-refractivity contribution in [2.75, 3.05) is 12.0 Å². The van der Waals surface area contributed by atoms with Crippen LogP contribution < -0.4 is 5.32 Å². The van der Waals surface area contributed by atoms with Crippen LogP contribution in [0.2, 0.25) is 0 Å². The molecule has 0 aliphatic rings. The molecular formula is C19H37NO3S. The molecule has 0 bridgehead atoms. The average molecular weight is 360 g/mol. The Morgan fingerprint density at radius 3 is 1.88 bits per heavy atom. The Morgan fingerprint density at radius 2 is 1.42 bits per heavy atom. The van der Waals surface area contributed by atoms with E-state index in [0.717, 1.165) is 18.6 Å². The van der Waals surface area contributed by atoms with Gasteiger partial charge in [-0.2, -0.15) is 11.8 Å². The Balaban J connectivity index is 3.49. The highest BCUT2D eigenvalue weighted by atomic mass is 32.2. The van der Waals surface area contributed by atoms with Crippen molar-refractivity contribution in [3.63, 3.8) is 0 Å². The number of unbranched alkanes of at least 4 members (excludes halogenated alkanes) is 10. The Kier molecular flexibility index (Phi) is 16.6. The molecule has 1 atom stereocenters. The van der Waals surface area contributed by atoms with Crippen LogP contribution in [0.15, 0.2) is 0 Å². The molecule has 1 amide bonds. The molecule has 0 rings (SSSR count). The van der Waals surface area contributed by atoms with Crippen molar-refractivity contribution in [3.05, 3.63) is 0 Å². The van der Waals surface area contributed by atoms with Crippen molar-refractivity contribution in [3.8, 4) is 0 Å². The van der Waals surface area contributed by atoms with E-state index in [2.05, 4.69) is 12.2 Å². The number of nitrogens with one attached hydrogen (secondary N) is 1. The largest absolute Gasteiger partial charge is 0.480 e. The second-order valence-corrected chi connectivity index (χ2v) is 7.51. The predicted molar refractivity (Wildman–Crippen MR) is 104 cm³/mol. The first-order valence-electron chi connectivity index (χ1n) is 9.63. The molecule has 142 valence electrons. The standard InChI is InChI=1S/C19H37NO3S/c1-3-4-5-6-7-8-9-10-11-12-13-14-18(21)20-17(19(22)23)15-16-24-2/h17H,3-16H2,1-2H3,(H,20,21)(H,22,23)/t17-/m1/s1. The van der Waals surface area contributed by atoms with E-state index < -0.39 is 12.0 Å². The van der Waals surface area contributed by atoms with Gasteiger partial charge in [-0.1, -0.05) is 71.1 Å². The normalized spacial score (nSPS) is 12.1.